The van der Waals surface area contributed by atoms with Gasteiger partial charge in [-0.1, -0.05) is 63.7 Å². The van der Waals surface area contributed by atoms with E-state index in [1.54, 1.807) is 18.2 Å². The topological polar surface area (TPSA) is 55.1 Å². The fourth-order valence-electron chi connectivity index (χ4n) is 2.22. The second kappa shape index (κ2) is 7.84. The van der Waals surface area contributed by atoms with Gasteiger partial charge < -0.3 is 9.84 Å². The lowest BCUT2D eigenvalue weighted by atomic mass is 10.1. The summed E-state index contributed by atoms with van der Waals surface area (Å²) < 4.78 is 19.4. The number of carbonyl (C=O) groups excluding carboxylic acids is 1. The Balaban J connectivity index is 1.96. The highest BCUT2D eigenvalue weighted by molar-refractivity contribution is 6.54. The molecule has 1 aromatic heterocycles. The van der Waals surface area contributed by atoms with Crippen LogP contribution in [0, 0.1) is 5.82 Å². The smallest absolute Gasteiger partial charge is 0.257 e. The van der Waals surface area contributed by atoms with Crippen molar-refractivity contribution in [3.8, 4) is 22.6 Å². The van der Waals surface area contributed by atoms with Gasteiger partial charge in [0.15, 0.2) is 10.6 Å². The first-order valence-electron chi connectivity index (χ1n) is 7.17. The van der Waals surface area contributed by atoms with Gasteiger partial charge in [0.25, 0.3) is 5.91 Å². The summed E-state index contributed by atoms with van der Waals surface area (Å²) in [5.74, 6) is -1.04. The Morgan fingerprint density at radius 1 is 1.12 bits per heavy atom. The second-order valence-corrected chi connectivity index (χ2v) is 7.04. The maximum Gasteiger partial charge on any atom is 0.257 e. The molecule has 1 amide bonds. The number of nitrogens with zero attached hydrogens (tertiary/aromatic N) is 1. The Morgan fingerprint density at radius 2 is 1.88 bits per heavy atom. The zero-order chi connectivity index (χ0) is 18.8. The third-order valence-corrected chi connectivity index (χ3v) is 4.65. The summed E-state index contributed by atoms with van der Waals surface area (Å²) in [6, 6.07) is 10.5. The average molecular weight is 434 g/mol. The van der Waals surface area contributed by atoms with Crippen LogP contribution in [0.1, 0.15) is 0 Å². The van der Waals surface area contributed by atoms with Gasteiger partial charge in [-0.3, -0.25) is 4.79 Å². The van der Waals surface area contributed by atoms with Crippen molar-refractivity contribution in [3.05, 3.63) is 58.3 Å². The van der Waals surface area contributed by atoms with E-state index >= 15 is 0 Å². The minimum absolute atomic E-state index is 0.0976. The summed E-state index contributed by atoms with van der Waals surface area (Å²) in [6.07, 6.45) is 0. The molecule has 0 saturated carbocycles. The standard InChI is InChI=1S/C17H9Cl4FN2O2/c18-11-3-1-2-9(15(11)19)13-7-14(26-24-13)10-6-8(4-5-12(10)22)23-17(25)16(20)21/h1-7,16H,(H,23,25). The van der Waals surface area contributed by atoms with Crippen LogP contribution in [0.3, 0.4) is 0 Å². The molecule has 0 aliphatic rings. The molecule has 26 heavy (non-hydrogen) atoms. The van der Waals surface area contributed by atoms with Gasteiger partial charge >= 0.3 is 0 Å². The van der Waals surface area contributed by atoms with Crippen molar-refractivity contribution in [2.75, 3.05) is 5.32 Å². The minimum Gasteiger partial charge on any atom is -0.356 e. The van der Waals surface area contributed by atoms with E-state index in [0.29, 0.717) is 27.0 Å². The molecule has 0 spiro atoms. The molecule has 3 aromatic rings. The SMILES string of the molecule is O=C(Nc1ccc(F)c(-c2cc(-c3cccc(Cl)c3Cl)no2)c1)C(Cl)Cl. The Kier molecular flexibility index (Phi) is 5.73. The van der Waals surface area contributed by atoms with Crippen molar-refractivity contribution in [2.45, 2.75) is 4.84 Å². The number of alkyl halides is 2. The van der Waals surface area contributed by atoms with Gasteiger partial charge in [0.1, 0.15) is 11.5 Å². The van der Waals surface area contributed by atoms with E-state index in [1.807, 2.05) is 0 Å². The summed E-state index contributed by atoms with van der Waals surface area (Å²) in [5.41, 5.74) is 1.34. The fourth-order valence-corrected chi connectivity index (χ4v) is 2.73. The molecule has 0 aliphatic heterocycles. The summed E-state index contributed by atoms with van der Waals surface area (Å²) in [5, 5.41) is 7.05. The lowest BCUT2D eigenvalue weighted by Crippen LogP contribution is -2.18. The van der Waals surface area contributed by atoms with Crippen LogP contribution in [0.4, 0.5) is 10.1 Å². The van der Waals surface area contributed by atoms with Gasteiger partial charge in [-0.15, -0.1) is 0 Å². The number of carbonyl (C=O) groups is 1. The number of aromatic nitrogens is 1. The molecule has 3 rings (SSSR count). The van der Waals surface area contributed by atoms with Gasteiger partial charge in [0.05, 0.1) is 15.6 Å². The normalized spacial score (nSPS) is 11.0. The molecular weight excluding hydrogens is 425 g/mol. The number of anilines is 1. The van der Waals surface area contributed by atoms with E-state index in [2.05, 4.69) is 10.5 Å². The predicted molar refractivity (Wildman–Crippen MR) is 101 cm³/mol. The number of hydrogen-bond donors (Lipinski definition) is 1. The van der Waals surface area contributed by atoms with Gasteiger partial charge in [0, 0.05) is 17.3 Å². The van der Waals surface area contributed by atoms with Crippen molar-refractivity contribution in [2.24, 2.45) is 0 Å². The zero-order valence-electron chi connectivity index (χ0n) is 12.8. The average Bonchev–Trinajstić information content (AvgIpc) is 3.08. The largest absolute Gasteiger partial charge is 0.356 e. The van der Waals surface area contributed by atoms with E-state index in [9.17, 15) is 9.18 Å². The van der Waals surface area contributed by atoms with Crippen LogP contribution in [0.2, 0.25) is 10.0 Å². The van der Waals surface area contributed by atoms with Crippen LogP contribution < -0.4 is 5.32 Å². The molecule has 0 unspecified atom stereocenters. The van der Waals surface area contributed by atoms with Crippen molar-refractivity contribution in [1.29, 1.82) is 0 Å². The number of amides is 1. The molecule has 0 aliphatic carbocycles. The maximum atomic E-state index is 14.2. The third kappa shape index (κ3) is 3.96. The third-order valence-electron chi connectivity index (χ3n) is 3.44. The van der Waals surface area contributed by atoms with Gasteiger partial charge in [-0.05, 0) is 24.3 Å². The van der Waals surface area contributed by atoms with E-state index < -0.39 is 16.6 Å². The molecule has 0 fully saturated rings. The molecule has 0 radical (unpaired) electrons. The monoisotopic (exact) mass is 432 g/mol. The van der Waals surface area contributed by atoms with Gasteiger partial charge in [-0.2, -0.15) is 0 Å². The van der Waals surface area contributed by atoms with Crippen molar-refractivity contribution >= 4 is 58.0 Å². The summed E-state index contributed by atoms with van der Waals surface area (Å²) in [6.45, 7) is 0. The molecule has 134 valence electrons. The molecule has 0 atom stereocenters. The zero-order valence-corrected chi connectivity index (χ0v) is 15.8. The Labute approximate surface area is 167 Å². The molecule has 2 aromatic carbocycles. The van der Waals surface area contributed by atoms with E-state index in [-0.39, 0.29) is 11.3 Å². The number of halogens is 5. The van der Waals surface area contributed by atoms with Crippen LogP contribution in [0.25, 0.3) is 22.6 Å². The van der Waals surface area contributed by atoms with E-state index in [4.69, 9.17) is 50.9 Å². The Hall–Kier alpha value is -1.79. The molecule has 4 nitrogen and oxygen atoms in total. The van der Waals surface area contributed by atoms with Crippen molar-refractivity contribution < 1.29 is 13.7 Å². The number of benzene rings is 2. The van der Waals surface area contributed by atoms with Crippen LogP contribution in [0.5, 0.6) is 0 Å². The molecular formula is C17H9Cl4FN2O2. The lowest BCUT2D eigenvalue weighted by Gasteiger charge is -2.07. The highest BCUT2D eigenvalue weighted by Gasteiger charge is 2.17. The summed E-state index contributed by atoms with van der Waals surface area (Å²) in [4.78, 5) is 10.3. The van der Waals surface area contributed by atoms with E-state index in [0.717, 1.165) is 0 Å². The lowest BCUT2D eigenvalue weighted by molar-refractivity contribution is -0.114. The maximum absolute atomic E-state index is 14.2. The van der Waals surface area contributed by atoms with Crippen LogP contribution in [-0.4, -0.2) is 15.9 Å². The van der Waals surface area contributed by atoms with E-state index in [1.165, 1.54) is 24.3 Å². The Morgan fingerprint density at radius 3 is 2.62 bits per heavy atom. The first kappa shape index (κ1) is 19.0. The molecule has 0 saturated heterocycles. The first-order valence-corrected chi connectivity index (χ1v) is 8.79. The molecule has 1 N–H and O–H groups in total. The highest BCUT2D eigenvalue weighted by Crippen LogP contribution is 2.35. The number of nitrogens with one attached hydrogen (secondary N) is 1. The predicted octanol–water partition coefficient (Wildman–Crippen LogP) is 6.20. The van der Waals surface area contributed by atoms with Crippen LogP contribution in [0.15, 0.2) is 47.0 Å². The highest BCUT2D eigenvalue weighted by atomic mass is 35.5. The summed E-state index contributed by atoms with van der Waals surface area (Å²) in [7, 11) is 0. The molecule has 1 heterocycles. The van der Waals surface area contributed by atoms with Crippen LogP contribution in [-0.2, 0) is 4.79 Å². The number of rotatable bonds is 4. The van der Waals surface area contributed by atoms with Gasteiger partial charge in [0.2, 0.25) is 0 Å². The van der Waals surface area contributed by atoms with Gasteiger partial charge in [-0.25, -0.2) is 4.39 Å². The quantitative estimate of drug-likeness (QED) is 0.498. The number of hydrogen-bond acceptors (Lipinski definition) is 3. The van der Waals surface area contributed by atoms with Crippen molar-refractivity contribution in [1.82, 2.24) is 5.16 Å². The first-order chi connectivity index (χ1) is 12.4. The van der Waals surface area contributed by atoms with Crippen molar-refractivity contribution in [3.63, 3.8) is 0 Å². The van der Waals surface area contributed by atoms with Crippen LogP contribution >= 0.6 is 46.4 Å². The summed E-state index contributed by atoms with van der Waals surface area (Å²) >= 11 is 23.1. The minimum atomic E-state index is -1.25. The molecule has 9 heteroatoms. The molecule has 0 bridgehead atoms. The second-order valence-electron chi connectivity index (χ2n) is 5.16. The fraction of sp³-hybridized carbons (Fsp3) is 0.0588. The Bertz CT molecular complexity index is 975.